The van der Waals surface area contributed by atoms with Crippen LogP contribution in [0.3, 0.4) is 0 Å². The van der Waals surface area contributed by atoms with Crippen LogP contribution >= 0.6 is 28.1 Å². The number of thiocarbonyl (C=S) groups is 1. The summed E-state index contributed by atoms with van der Waals surface area (Å²) in [5.41, 5.74) is 5.99. The molecule has 0 unspecified atom stereocenters. The Labute approximate surface area is 72.6 Å². The zero-order chi connectivity index (χ0) is 7.56. The standard InChI is InChI=1S/C6H5BrN2S/c7-4-2-1-3-9-5(4)6(8)10/h1-3H,(H2,8,10). The van der Waals surface area contributed by atoms with Gasteiger partial charge in [-0.25, -0.2) is 0 Å². The van der Waals surface area contributed by atoms with Gasteiger partial charge in [0.2, 0.25) is 0 Å². The molecule has 1 aromatic heterocycles. The fourth-order valence-electron chi connectivity index (χ4n) is 0.567. The van der Waals surface area contributed by atoms with Crippen molar-refractivity contribution in [3.8, 4) is 0 Å². The average molecular weight is 217 g/mol. The Morgan fingerprint density at radius 3 is 2.80 bits per heavy atom. The van der Waals surface area contributed by atoms with Crippen LogP contribution in [0.25, 0.3) is 0 Å². The monoisotopic (exact) mass is 216 g/mol. The molecule has 0 aliphatic carbocycles. The average Bonchev–Trinajstić information content (AvgIpc) is 1.88. The molecule has 0 amide bonds. The van der Waals surface area contributed by atoms with E-state index in [0.29, 0.717) is 10.7 Å². The Bertz CT molecular complexity index is 262. The van der Waals surface area contributed by atoms with Crippen LogP contribution in [0.4, 0.5) is 0 Å². The van der Waals surface area contributed by atoms with Crippen LogP contribution in [-0.4, -0.2) is 9.97 Å². The molecule has 2 nitrogen and oxygen atoms in total. The number of aromatic nitrogens is 1. The van der Waals surface area contributed by atoms with Crippen molar-refractivity contribution in [2.24, 2.45) is 5.73 Å². The van der Waals surface area contributed by atoms with Crippen LogP contribution < -0.4 is 5.73 Å². The Morgan fingerprint density at radius 1 is 1.70 bits per heavy atom. The molecule has 0 atom stereocenters. The van der Waals surface area contributed by atoms with Crippen LogP contribution in [0.15, 0.2) is 22.8 Å². The Hall–Kier alpha value is -0.480. The first kappa shape index (κ1) is 7.63. The van der Waals surface area contributed by atoms with E-state index >= 15 is 0 Å². The molecule has 0 aliphatic heterocycles. The van der Waals surface area contributed by atoms with Crippen molar-refractivity contribution in [1.82, 2.24) is 4.98 Å². The van der Waals surface area contributed by atoms with E-state index in [-0.39, 0.29) is 0 Å². The van der Waals surface area contributed by atoms with E-state index in [1.807, 2.05) is 12.1 Å². The molecule has 0 radical (unpaired) electrons. The number of halogens is 1. The molecule has 0 spiro atoms. The summed E-state index contributed by atoms with van der Waals surface area (Å²) in [6.07, 6.45) is 1.65. The van der Waals surface area contributed by atoms with Crippen molar-refractivity contribution >= 4 is 33.1 Å². The molecule has 0 saturated carbocycles. The van der Waals surface area contributed by atoms with Crippen molar-refractivity contribution < 1.29 is 0 Å². The lowest BCUT2D eigenvalue weighted by atomic mass is 10.3. The van der Waals surface area contributed by atoms with Crippen LogP contribution in [0.2, 0.25) is 0 Å². The van der Waals surface area contributed by atoms with Crippen LogP contribution in [-0.2, 0) is 0 Å². The lowest BCUT2D eigenvalue weighted by Crippen LogP contribution is -2.11. The van der Waals surface area contributed by atoms with Crippen LogP contribution in [0, 0.1) is 0 Å². The molecule has 0 fully saturated rings. The third-order valence-electron chi connectivity index (χ3n) is 0.992. The lowest BCUT2D eigenvalue weighted by molar-refractivity contribution is 1.27. The van der Waals surface area contributed by atoms with Crippen molar-refractivity contribution in [3.63, 3.8) is 0 Å². The molecule has 0 bridgehead atoms. The van der Waals surface area contributed by atoms with E-state index in [2.05, 4.69) is 20.9 Å². The maximum Gasteiger partial charge on any atom is 0.123 e. The van der Waals surface area contributed by atoms with Crippen LogP contribution in [0.5, 0.6) is 0 Å². The van der Waals surface area contributed by atoms with E-state index < -0.39 is 0 Å². The fraction of sp³-hybridized carbons (Fsp3) is 0. The summed E-state index contributed by atoms with van der Waals surface area (Å²) in [5.74, 6) is 0. The largest absolute Gasteiger partial charge is 0.388 e. The summed E-state index contributed by atoms with van der Waals surface area (Å²) < 4.78 is 0.836. The van der Waals surface area contributed by atoms with E-state index in [1.165, 1.54) is 0 Å². The molecule has 1 heterocycles. The van der Waals surface area contributed by atoms with E-state index in [0.717, 1.165) is 4.47 Å². The summed E-state index contributed by atoms with van der Waals surface area (Å²) in [6.45, 7) is 0. The first-order valence-electron chi connectivity index (χ1n) is 2.62. The highest BCUT2D eigenvalue weighted by Crippen LogP contribution is 2.12. The summed E-state index contributed by atoms with van der Waals surface area (Å²) in [5, 5.41) is 0. The van der Waals surface area contributed by atoms with Gasteiger partial charge in [-0.2, -0.15) is 0 Å². The first-order valence-corrected chi connectivity index (χ1v) is 3.82. The van der Waals surface area contributed by atoms with Gasteiger partial charge in [0, 0.05) is 10.7 Å². The summed E-state index contributed by atoms with van der Waals surface area (Å²) in [4.78, 5) is 4.28. The zero-order valence-electron chi connectivity index (χ0n) is 5.04. The number of nitrogens with zero attached hydrogens (tertiary/aromatic N) is 1. The lowest BCUT2D eigenvalue weighted by Gasteiger charge is -1.97. The Morgan fingerprint density at radius 2 is 2.40 bits per heavy atom. The molecule has 52 valence electrons. The molecule has 1 rings (SSSR count). The molecule has 1 aromatic rings. The third kappa shape index (κ3) is 1.52. The van der Waals surface area contributed by atoms with Crippen molar-refractivity contribution in [1.29, 1.82) is 0 Å². The summed E-state index contributed by atoms with van der Waals surface area (Å²) in [7, 11) is 0. The molecule has 0 saturated heterocycles. The molecule has 10 heavy (non-hydrogen) atoms. The summed E-state index contributed by atoms with van der Waals surface area (Å²) >= 11 is 8.00. The highest BCUT2D eigenvalue weighted by molar-refractivity contribution is 9.10. The minimum atomic E-state index is 0.312. The maximum absolute atomic E-state index is 5.35. The molecular formula is C6H5BrN2S. The van der Waals surface area contributed by atoms with Gasteiger partial charge in [-0.1, -0.05) is 12.2 Å². The number of pyridine rings is 1. The van der Waals surface area contributed by atoms with Gasteiger partial charge in [-0.3, -0.25) is 4.98 Å². The first-order chi connectivity index (χ1) is 4.72. The second-order valence-electron chi connectivity index (χ2n) is 1.70. The van der Waals surface area contributed by atoms with Crippen molar-refractivity contribution in [2.45, 2.75) is 0 Å². The van der Waals surface area contributed by atoms with Gasteiger partial charge in [0.1, 0.15) is 10.7 Å². The Balaban J connectivity index is 3.15. The number of rotatable bonds is 1. The number of hydrogen-bond donors (Lipinski definition) is 1. The van der Waals surface area contributed by atoms with Crippen LogP contribution in [0.1, 0.15) is 5.69 Å². The minimum absolute atomic E-state index is 0.312. The SMILES string of the molecule is NC(=S)c1ncccc1Br. The van der Waals surface area contributed by atoms with E-state index in [9.17, 15) is 0 Å². The predicted molar refractivity (Wildman–Crippen MR) is 47.8 cm³/mol. The Kier molecular flexibility index (Phi) is 2.34. The van der Waals surface area contributed by atoms with Gasteiger partial charge in [0.15, 0.2) is 0 Å². The maximum atomic E-state index is 5.35. The highest BCUT2D eigenvalue weighted by atomic mass is 79.9. The number of hydrogen-bond acceptors (Lipinski definition) is 2. The normalized spacial score (nSPS) is 9.30. The molecule has 0 aromatic carbocycles. The quantitative estimate of drug-likeness (QED) is 0.724. The predicted octanol–water partition coefficient (Wildman–Crippen LogP) is 1.48. The fourth-order valence-corrected chi connectivity index (χ4v) is 1.33. The number of nitrogens with two attached hydrogens (primary N) is 1. The van der Waals surface area contributed by atoms with Gasteiger partial charge >= 0.3 is 0 Å². The highest BCUT2D eigenvalue weighted by Gasteiger charge is 2.00. The van der Waals surface area contributed by atoms with Gasteiger partial charge in [0.05, 0.1) is 0 Å². The van der Waals surface area contributed by atoms with Gasteiger partial charge in [-0.15, -0.1) is 0 Å². The van der Waals surface area contributed by atoms with E-state index in [1.54, 1.807) is 6.20 Å². The molecule has 2 N–H and O–H groups in total. The van der Waals surface area contributed by atoms with Crippen molar-refractivity contribution in [2.75, 3.05) is 0 Å². The second kappa shape index (κ2) is 3.07. The van der Waals surface area contributed by atoms with E-state index in [4.69, 9.17) is 18.0 Å². The summed E-state index contributed by atoms with van der Waals surface area (Å²) in [6, 6.07) is 3.66. The van der Waals surface area contributed by atoms with Crippen molar-refractivity contribution in [3.05, 3.63) is 28.5 Å². The van der Waals surface area contributed by atoms with Gasteiger partial charge < -0.3 is 5.73 Å². The molecular weight excluding hydrogens is 212 g/mol. The smallest absolute Gasteiger partial charge is 0.123 e. The van der Waals surface area contributed by atoms with Gasteiger partial charge in [-0.05, 0) is 28.1 Å². The third-order valence-corrected chi connectivity index (χ3v) is 1.83. The topological polar surface area (TPSA) is 38.9 Å². The minimum Gasteiger partial charge on any atom is -0.388 e. The zero-order valence-corrected chi connectivity index (χ0v) is 7.45. The second-order valence-corrected chi connectivity index (χ2v) is 2.99. The van der Waals surface area contributed by atoms with Gasteiger partial charge in [0.25, 0.3) is 0 Å². The molecule has 4 heteroatoms. The molecule has 0 aliphatic rings.